The summed E-state index contributed by atoms with van der Waals surface area (Å²) in [4.78, 5) is 0. The quantitative estimate of drug-likeness (QED) is 0.292. The molecule has 4 saturated heterocycles. The van der Waals surface area contributed by atoms with Crippen molar-refractivity contribution in [2.75, 3.05) is 0 Å². The summed E-state index contributed by atoms with van der Waals surface area (Å²) in [6.45, 7) is 46.3. The summed E-state index contributed by atoms with van der Waals surface area (Å²) >= 11 is 0. The third-order valence-corrected chi connectivity index (χ3v) is 13.2. The standard InChI is InChI=1S/C41H64O5P2/c1-33(2,3)25-21-27(35(7,8)9)31(28(22-25)36(10,11)12)40(39(19,20)41-43-47(42-40)46-48(44-41)45-41)32-29(37(13,14)15)23-26(34(4,5)6)24-30(32)38(16,17)18/h21-24H,1-20H3. The molecule has 4 heterocycles. The fourth-order valence-electron chi connectivity index (χ4n) is 7.37. The molecule has 4 aliphatic heterocycles. The zero-order valence-electron chi connectivity index (χ0n) is 33.7. The number of hydrogen-bond donors (Lipinski definition) is 0. The van der Waals surface area contributed by atoms with Crippen molar-refractivity contribution in [3.63, 3.8) is 0 Å². The molecule has 2 aromatic rings. The third-order valence-electron chi connectivity index (χ3n) is 10.5. The Labute approximate surface area is 295 Å². The van der Waals surface area contributed by atoms with Crippen LogP contribution in [0.3, 0.4) is 0 Å². The van der Waals surface area contributed by atoms with Crippen molar-refractivity contribution >= 4 is 17.2 Å². The molecule has 1 atom stereocenters. The van der Waals surface area contributed by atoms with E-state index in [2.05, 4.69) is 163 Å². The van der Waals surface area contributed by atoms with Gasteiger partial charge in [0.05, 0.1) is 5.41 Å². The molecule has 0 aliphatic carbocycles. The van der Waals surface area contributed by atoms with E-state index in [1.165, 1.54) is 44.5 Å². The summed E-state index contributed by atoms with van der Waals surface area (Å²) in [5.74, 6) is -1.30. The minimum Gasteiger partial charge on any atom is -0.294 e. The van der Waals surface area contributed by atoms with Gasteiger partial charge in [0, 0.05) is 0 Å². The maximum absolute atomic E-state index is 7.70. The van der Waals surface area contributed by atoms with Crippen LogP contribution in [0, 0.1) is 5.41 Å². The molecule has 7 heteroatoms. The van der Waals surface area contributed by atoms with Crippen LogP contribution in [0.15, 0.2) is 24.3 Å². The Bertz CT molecular complexity index is 1430. The minimum absolute atomic E-state index is 0.0579. The van der Waals surface area contributed by atoms with Crippen molar-refractivity contribution in [2.24, 2.45) is 5.41 Å². The summed E-state index contributed by atoms with van der Waals surface area (Å²) in [5, 5.41) is 0. The maximum atomic E-state index is 7.70. The summed E-state index contributed by atoms with van der Waals surface area (Å²) in [6.07, 6.45) is 0. The van der Waals surface area contributed by atoms with E-state index < -0.39 is 34.2 Å². The molecule has 0 amide bonds. The van der Waals surface area contributed by atoms with Gasteiger partial charge >= 0.3 is 23.2 Å². The van der Waals surface area contributed by atoms with E-state index in [4.69, 9.17) is 22.4 Å². The van der Waals surface area contributed by atoms with Gasteiger partial charge in [-0.15, -0.1) is 0 Å². The Kier molecular flexibility index (Phi) is 8.83. The number of benzene rings is 2. The predicted octanol–water partition coefficient (Wildman–Crippen LogP) is 13.0. The molecular formula is C41H64O5P2. The molecule has 0 N–H and O–H groups in total. The fourth-order valence-corrected chi connectivity index (χ4v) is 10.6. The van der Waals surface area contributed by atoms with Gasteiger partial charge in [-0.1, -0.05) is 149 Å². The second kappa shape index (κ2) is 11.1. The highest BCUT2D eigenvalue weighted by molar-refractivity contribution is 7.57. The summed E-state index contributed by atoms with van der Waals surface area (Å²) in [5.41, 5.74) is 7.09. The van der Waals surface area contributed by atoms with Gasteiger partial charge in [0.2, 0.25) is 0 Å². The average Bonchev–Trinajstić information content (AvgIpc) is 2.86. The highest BCUT2D eigenvalue weighted by Crippen LogP contribution is 2.85. The first-order chi connectivity index (χ1) is 21.3. The van der Waals surface area contributed by atoms with Gasteiger partial charge in [-0.3, -0.25) is 18.1 Å². The lowest BCUT2D eigenvalue weighted by Gasteiger charge is -2.66. The molecule has 4 fully saturated rings. The Morgan fingerprint density at radius 1 is 0.417 bits per heavy atom. The van der Waals surface area contributed by atoms with Crippen LogP contribution in [0.1, 0.15) is 183 Å². The molecule has 0 saturated carbocycles. The molecule has 5 nitrogen and oxygen atoms in total. The lowest BCUT2D eigenvalue weighted by atomic mass is 9.55. The third kappa shape index (κ3) is 5.98. The van der Waals surface area contributed by atoms with Crippen LogP contribution in [0.5, 0.6) is 0 Å². The van der Waals surface area contributed by atoms with Gasteiger partial charge in [0.25, 0.3) is 0 Å². The Balaban J connectivity index is 2.15. The zero-order chi connectivity index (χ0) is 36.6. The van der Waals surface area contributed by atoms with Crippen LogP contribution >= 0.6 is 17.2 Å². The minimum atomic E-state index is -1.79. The van der Waals surface area contributed by atoms with E-state index in [-0.39, 0.29) is 32.5 Å². The van der Waals surface area contributed by atoms with Gasteiger partial charge in [0.15, 0.2) is 0 Å². The molecule has 2 aromatic carbocycles. The topological polar surface area (TPSA) is 46.2 Å². The van der Waals surface area contributed by atoms with Crippen molar-refractivity contribution in [3.05, 3.63) is 68.8 Å². The monoisotopic (exact) mass is 698 g/mol. The van der Waals surface area contributed by atoms with Crippen LogP contribution < -0.4 is 0 Å². The fraction of sp³-hybridized carbons (Fsp3) is 0.707. The highest BCUT2D eigenvalue weighted by Gasteiger charge is 2.79. The Hall–Kier alpha value is -0.900. The van der Waals surface area contributed by atoms with E-state index in [1.807, 2.05) is 0 Å². The first kappa shape index (κ1) is 38.3. The summed E-state index contributed by atoms with van der Waals surface area (Å²) in [7, 11) is -3.30. The van der Waals surface area contributed by atoms with Crippen LogP contribution in [-0.4, -0.2) is 5.97 Å². The molecule has 4 aliphatic rings. The number of hydrogen-bond acceptors (Lipinski definition) is 5. The van der Waals surface area contributed by atoms with E-state index in [0.717, 1.165) is 0 Å². The molecular weight excluding hydrogens is 634 g/mol. The first-order valence-electron chi connectivity index (χ1n) is 17.7. The Morgan fingerprint density at radius 3 is 0.938 bits per heavy atom. The molecule has 3 bridgehead atoms. The molecule has 1 unspecified atom stereocenters. The van der Waals surface area contributed by atoms with Gasteiger partial charge in [0.1, 0.15) is 5.60 Å². The van der Waals surface area contributed by atoms with Crippen molar-refractivity contribution in [1.82, 2.24) is 0 Å². The molecule has 48 heavy (non-hydrogen) atoms. The van der Waals surface area contributed by atoms with Crippen LogP contribution in [0.2, 0.25) is 0 Å². The van der Waals surface area contributed by atoms with Gasteiger partial charge in [-0.25, -0.2) is 4.31 Å². The van der Waals surface area contributed by atoms with E-state index >= 15 is 0 Å². The smallest absolute Gasteiger partial charge is 0.294 e. The zero-order valence-corrected chi connectivity index (χ0v) is 35.5. The summed E-state index contributed by atoms with van der Waals surface area (Å²) < 4.78 is 33.6. The molecule has 268 valence electrons. The van der Waals surface area contributed by atoms with Gasteiger partial charge < -0.3 is 0 Å². The van der Waals surface area contributed by atoms with E-state index in [1.54, 1.807) is 0 Å². The lowest BCUT2D eigenvalue weighted by molar-refractivity contribution is -0.424. The van der Waals surface area contributed by atoms with E-state index in [9.17, 15) is 0 Å². The van der Waals surface area contributed by atoms with Gasteiger partial charge in [-0.05, 0) is 90.8 Å². The first-order valence-corrected chi connectivity index (χ1v) is 19.9. The Morgan fingerprint density at radius 2 is 0.688 bits per heavy atom. The molecule has 0 radical (unpaired) electrons. The molecule has 6 rings (SSSR count). The highest BCUT2D eigenvalue weighted by atomic mass is 31.2. The van der Waals surface area contributed by atoms with Crippen molar-refractivity contribution in [1.29, 1.82) is 0 Å². The largest absolute Gasteiger partial charge is 0.349 e. The van der Waals surface area contributed by atoms with Crippen LogP contribution in [0.4, 0.5) is 0 Å². The van der Waals surface area contributed by atoms with Crippen LogP contribution in [-0.2, 0) is 60.5 Å². The molecule has 1 spiro atoms. The summed E-state index contributed by atoms with van der Waals surface area (Å²) in [6, 6.07) is 9.81. The average molecular weight is 699 g/mol. The second-order valence-corrected chi connectivity index (χ2v) is 23.4. The van der Waals surface area contributed by atoms with Crippen molar-refractivity contribution < 1.29 is 22.4 Å². The lowest BCUT2D eigenvalue weighted by Crippen LogP contribution is -2.69. The predicted molar refractivity (Wildman–Crippen MR) is 202 cm³/mol. The number of rotatable bonds is 2. The molecule has 0 aromatic heterocycles. The van der Waals surface area contributed by atoms with Gasteiger partial charge in [-0.2, -0.15) is 0 Å². The maximum Gasteiger partial charge on any atom is 0.349 e. The van der Waals surface area contributed by atoms with E-state index in [0.29, 0.717) is 0 Å². The normalized spacial score (nSPS) is 25.9. The SMILES string of the molecule is CC(C)(C)c1cc(C(C)(C)C)c(C2(c3c(C(C)(C)C)cc(C(C)(C)C)cc3C(C)(C)C)OP3OP4OC(O4)(O3)C2(C)C)c(C(C)(C)C)c1. The van der Waals surface area contributed by atoms with Crippen molar-refractivity contribution in [3.8, 4) is 0 Å². The second-order valence-electron chi connectivity index (χ2n) is 21.1. The van der Waals surface area contributed by atoms with Crippen molar-refractivity contribution in [2.45, 2.75) is 183 Å². The van der Waals surface area contributed by atoms with Crippen LogP contribution in [0.25, 0.3) is 0 Å².